The van der Waals surface area contributed by atoms with Crippen molar-refractivity contribution in [3.05, 3.63) is 18.0 Å². The first-order valence-corrected chi connectivity index (χ1v) is 5.03. The molecule has 1 aromatic heterocycles. The van der Waals surface area contributed by atoms with Crippen LogP contribution < -0.4 is 5.32 Å². The third kappa shape index (κ3) is 2.34. The van der Waals surface area contributed by atoms with Crippen LogP contribution >= 0.6 is 0 Å². The average molecular weight is 194 g/mol. The van der Waals surface area contributed by atoms with Gasteiger partial charge in [0.1, 0.15) is 6.26 Å². The molecule has 1 N–H and O–H groups in total. The molecule has 0 atom stereocenters. The SMILES string of the molecule is O=C(Cc1ccon1)NC1CCCC1. The first kappa shape index (κ1) is 9.24. The molecule has 0 radical (unpaired) electrons. The Hall–Kier alpha value is -1.32. The van der Waals surface area contributed by atoms with E-state index < -0.39 is 0 Å². The quantitative estimate of drug-likeness (QED) is 0.788. The highest BCUT2D eigenvalue weighted by Gasteiger charge is 2.17. The van der Waals surface area contributed by atoms with E-state index in [1.165, 1.54) is 19.1 Å². The van der Waals surface area contributed by atoms with Crippen molar-refractivity contribution >= 4 is 5.91 Å². The van der Waals surface area contributed by atoms with Crippen molar-refractivity contribution < 1.29 is 9.32 Å². The summed E-state index contributed by atoms with van der Waals surface area (Å²) in [5.41, 5.74) is 0.695. The van der Waals surface area contributed by atoms with Gasteiger partial charge in [-0.25, -0.2) is 0 Å². The van der Waals surface area contributed by atoms with Crippen molar-refractivity contribution in [1.82, 2.24) is 10.5 Å². The Morgan fingerprint density at radius 3 is 3.00 bits per heavy atom. The lowest BCUT2D eigenvalue weighted by Crippen LogP contribution is -2.33. The Labute approximate surface area is 82.7 Å². The van der Waals surface area contributed by atoms with Gasteiger partial charge in [0, 0.05) is 12.1 Å². The molecule has 2 rings (SSSR count). The van der Waals surface area contributed by atoms with Gasteiger partial charge in [0.05, 0.1) is 12.1 Å². The molecule has 0 spiro atoms. The van der Waals surface area contributed by atoms with E-state index in [0.717, 1.165) is 12.8 Å². The van der Waals surface area contributed by atoms with Crippen LogP contribution in [0.25, 0.3) is 0 Å². The van der Waals surface area contributed by atoms with Crippen LogP contribution in [0.2, 0.25) is 0 Å². The summed E-state index contributed by atoms with van der Waals surface area (Å²) in [6.07, 6.45) is 6.50. The number of carbonyl (C=O) groups is 1. The summed E-state index contributed by atoms with van der Waals surface area (Å²) in [6, 6.07) is 2.10. The Balaban J connectivity index is 1.78. The minimum Gasteiger partial charge on any atom is -0.364 e. The average Bonchev–Trinajstić information content (AvgIpc) is 2.76. The summed E-state index contributed by atoms with van der Waals surface area (Å²) in [5, 5.41) is 6.69. The fraction of sp³-hybridized carbons (Fsp3) is 0.600. The van der Waals surface area contributed by atoms with E-state index in [0.29, 0.717) is 18.2 Å². The molecule has 1 fully saturated rings. The number of hydrogen-bond acceptors (Lipinski definition) is 3. The second kappa shape index (κ2) is 4.26. The van der Waals surface area contributed by atoms with Gasteiger partial charge in [-0.1, -0.05) is 18.0 Å². The largest absolute Gasteiger partial charge is 0.364 e. The van der Waals surface area contributed by atoms with Crippen molar-refractivity contribution in [1.29, 1.82) is 0 Å². The summed E-state index contributed by atoms with van der Waals surface area (Å²) < 4.78 is 4.66. The number of aromatic nitrogens is 1. The van der Waals surface area contributed by atoms with Crippen molar-refractivity contribution in [3.63, 3.8) is 0 Å². The van der Waals surface area contributed by atoms with Crippen LogP contribution in [0.5, 0.6) is 0 Å². The van der Waals surface area contributed by atoms with Crippen molar-refractivity contribution in [3.8, 4) is 0 Å². The summed E-state index contributed by atoms with van der Waals surface area (Å²) in [7, 11) is 0. The van der Waals surface area contributed by atoms with Crippen LogP contribution in [0, 0.1) is 0 Å². The molecule has 1 aliphatic carbocycles. The number of hydrogen-bond donors (Lipinski definition) is 1. The summed E-state index contributed by atoms with van der Waals surface area (Å²) in [6.45, 7) is 0. The van der Waals surface area contributed by atoms with Crippen LogP contribution in [-0.2, 0) is 11.2 Å². The molecule has 4 nitrogen and oxygen atoms in total. The molecule has 0 aliphatic heterocycles. The fourth-order valence-corrected chi connectivity index (χ4v) is 1.84. The first-order chi connectivity index (χ1) is 6.84. The molecular weight excluding hydrogens is 180 g/mol. The first-order valence-electron chi connectivity index (χ1n) is 5.03. The molecule has 1 amide bonds. The zero-order valence-electron chi connectivity index (χ0n) is 8.03. The van der Waals surface area contributed by atoms with Crippen molar-refractivity contribution in [2.75, 3.05) is 0 Å². The van der Waals surface area contributed by atoms with E-state index in [1.54, 1.807) is 6.07 Å². The van der Waals surface area contributed by atoms with Crippen LogP contribution in [0.15, 0.2) is 16.9 Å². The van der Waals surface area contributed by atoms with E-state index in [9.17, 15) is 4.79 Å². The fourth-order valence-electron chi connectivity index (χ4n) is 1.84. The summed E-state index contributed by atoms with van der Waals surface area (Å²) in [5.74, 6) is 0.0470. The summed E-state index contributed by atoms with van der Waals surface area (Å²) >= 11 is 0. The molecule has 1 heterocycles. The van der Waals surface area contributed by atoms with Crippen LogP contribution in [0.4, 0.5) is 0 Å². The molecule has 0 saturated heterocycles. The standard InChI is InChI=1S/C10H14N2O2/c13-10(7-9-5-6-14-12-9)11-8-3-1-2-4-8/h5-6,8H,1-4,7H2,(H,11,13). The maximum atomic E-state index is 11.5. The molecule has 1 saturated carbocycles. The third-order valence-corrected chi connectivity index (χ3v) is 2.55. The monoisotopic (exact) mass is 194 g/mol. The zero-order valence-corrected chi connectivity index (χ0v) is 8.03. The Morgan fingerprint density at radius 1 is 1.57 bits per heavy atom. The molecule has 14 heavy (non-hydrogen) atoms. The highest BCUT2D eigenvalue weighted by Crippen LogP contribution is 2.17. The van der Waals surface area contributed by atoms with E-state index in [-0.39, 0.29) is 5.91 Å². The maximum Gasteiger partial charge on any atom is 0.226 e. The molecule has 0 aromatic carbocycles. The Kier molecular flexibility index (Phi) is 2.81. The highest BCUT2D eigenvalue weighted by atomic mass is 16.5. The Morgan fingerprint density at radius 2 is 2.36 bits per heavy atom. The second-order valence-electron chi connectivity index (χ2n) is 3.72. The lowest BCUT2D eigenvalue weighted by Gasteiger charge is -2.10. The van der Waals surface area contributed by atoms with Crippen LogP contribution in [0.1, 0.15) is 31.4 Å². The number of nitrogens with zero attached hydrogens (tertiary/aromatic N) is 1. The predicted octanol–water partition coefficient (Wildman–Crippen LogP) is 1.28. The topological polar surface area (TPSA) is 55.1 Å². The van der Waals surface area contributed by atoms with Crippen molar-refractivity contribution in [2.24, 2.45) is 0 Å². The van der Waals surface area contributed by atoms with Gasteiger partial charge in [-0.3, -0.25) is 4.79 Å². The van der Waals surface area contributed by atoms with Gasteiger partial charge in [0.25, 0.3) is 0 Å². The lowest BCUT2D eigenvalue weighted by molar-refractivity contribution is -0.121. The summed E-state index contributed by atoms with van der Waals surface area (Å²) in [4.78, 5) is 11.5. The molecule has 1 aliphatic rings. The molecule has 4 heteroatoms. The van der Waals surface area contributed by atoms with Crippen molar-refractivity contribution in [2.45, 2.75) is 38.1 Å². The normalized spacial score (nSPS) is 17.1. The van der Waals surface area contributed by atoms with Gasteiger partial charge >= 0.3 is 0 Å². The maximum absolute atomic E-state index is 11.5. The molecule has 0 unspecified atom stereocenters. The van der Waals surface area contributed by atoms with Gasteiger partial charge in [-0.2, -0.15) is 0 Å². The highest BCUT2D eigenvalue weighted by molar-refractivity contribution is 5.78. The van der Waals surface area contributed by atoms with E-state index in [2.05, 4.69) is 15.0 Å². The zero-order chi connectivity index (χ0) is 9.80. The third-order valence-electron chi connectivity index (χ3n) is 2.55. The minimum absolute atomic E-state index is 0.0470. The van der Waals surface area contributed by atoms with Gasteiger partial charge in [0.2, 0.25) is 5.91 Å². The minimum atomic E-state index is 0.0470. The Bertz CT molecular complexity index is 289. The number of rotatable bonds is 3. The molecule has 76 valence electrons. The molecule has 1 aromatic rings. The lowest BCUT2D eigenvalue weighted by atomic mass is 10.2. The number of amides is 1. The number of carbonyl (C=O) groups excluding carboxylic acids is 1. The van der Waals surface area contributed by atoms with Gasteiger partial charge < -0.3 is 9.84 Å². The van der Waals surface area contributed by atoms with E-state index >= 15 is 0 Å². The molecular formula is C10H14N2O2. The van der Waals surface area contributed by atoms with E-state index in [1.807, 2.05) is 0 Å². The smallest absolute Gasteiger partial charge is 0.226 e. The van der Waals surface area contributed by atoms with Gasteiger partial charge in [-0.05, 0) is 12.8 Å². The second-order valence-corrected chi connectivity index (χ2v) is 3.72. The van der Waals surface area contributed by atoms with E-state index in [4.69, 9.17) is 0 Å². The van der Waals surface area contributed by atoms with Gasteiger partial charge in [0.15, 0.2) is 0 Å². The van der Waals surface area contributed by atoms with Crippen LogP contribution in [0.3, 0.4) is 0 Å². The van der Waals surface area contributed by atoms with Gasteiger partial charge in [-0.15, -0.1) is 0 Å². The predicted molar refractivity (Wildman–Crippen MR) is 50.6 cm³/mol. The number of nitrogens with one attached hydrogen (secondary N) is 1. The molecule has 0 bridgehead atoms. The van der Waals surface area contributed by atoms with Crippen LogP contribution in [-0.4, -0.2) is 17.1 Å².